The van der Waals surface area contributed by atoms with Crippen molar-refractivity contribution < 1.29 is 14.3 Å². The Hall–Kier alpha value is -2.69. The van der Waals surface area contributed by atoms with Gasteiger partial charge in [0.05, 0.1) is 26.5 Å². The van der Waals surface area contributed by atoms with E-state index in [9.17, 15) is 4.79 Å². The number of methoxy groups -OCH3 is 2. The minimum absolute atomic E-state index is 0.139. The Morgan fingerprint density at radius 2 is 1.68 bits per heavy atom. The summed E-state index contributed by atoms with van der Waals surface area (Å²) < 4.78 is 10.5. The van der Waals surface area contributed by atoms with Crippen molar-refractivity contribution in [1.29, 1.82) is 0 Å². The van der Waals surface area contributed by atoms with Crippen molar-refractivity contribution in [3.05, 3.63) is 47.5 Å². The Morgan fingerprint density at radius 3 is 2.24 bits per heavy atom. The molecule has 0 heterocycles. The minimum atomic E-state index is -0.139. The molecule has 25 heavy (non-hydrogen) atoms. The molecule has 0 fully saturated rings. The molecule has 0 aliphatic heterocycles. The summed E-state index contributed by atoms with van der Waals surface area (Å²) in [5.41, 5.74) is 4.07. The van der Waals surface area contributed by atoms with Crippen LogP contribution in [0.2, 0.25) is 0 Å². The van der Waals surface area contributed by atoms with E-state index in [1.165, 1.54) is 11.1 Å². The normalized spacial score (nSPS) is 10.2. The monoisotopic (exact) mass is 342 g/mol. The Labute approximate surface area is 149 Å². The van der Waals surface area contributed by atoms with Gasteiger partial charge in [0, 0.05) is 11.8 Å². The second kappa shape index (κ2) is 8.97. The van der Waals surface area contributed by atoms with Crippen LogP contribution in [0.15, 0.2) is 36.4 Å². The van der Waals surface area contributed by atoms with Crippen LogP contribution in [0, 0.1) is 0 Å². The lowest BCUT2D eigenvalue weighted by molar-refractivity contribution is -0.114. The number of benzene rings is 2. The first kappa shape index (κ1) is 18.6. The number of ether oxygens (including phenoxy) is 2. The molecular weight excluding hydrogens is 316 g/mol. The van der Waals surface area contributed by atoms with Crippen LogP contribution in [0.1, 0.15) is 25.0 Å². The third-order valence-corrected chi connectivity index (χ3v) is 4.11. The third-order valence-electron chi connectivity index (χ3n) is 4.11. The average Bonchev–Trinajstić information content (AvgIpc) is 2.65. The first-order valence-corrected chi connectivity index (χ1v) is 8.49. The van der Waals surface area contributed by atoms with Crippen LogP contribution in [0.25, 0.3) is 0 Å². The maximum Gasteiger partial charge on any atom is 0.243 e. The van der Waals surface area contributed by atoms with Crippen LogP contribution in [-0.4, -0.2) is 26.7 Å². The van der Waals surface area contributed by atoms with Gasteiger partial charge in [-0.05, 0) is 36.1 Å². The Balaban J connectivity index is 2.09. The van der Waals surface area contributed by atoms with Gasteiger partial charge in [0.25, 0.3) is 0 Å². The molecule has 2 rings (SSSR count). The lowest BCUT2D eigenvalue weighted by atomic mass is 10.0. The van der Waals surface area contributed by atoms with Crippen molar-refractivity contribution in [3.8, 4) is 11.5 Å². The summed E-state index contributed by atoms with van der Waals surface area (Å²) in [6, 6.07) is 11.5. The lowest BCUT2D eigenvalue weighted by Gasteiger charge is -2.16. The Bertz CT molecular complexity index is 707. The number of hydrogen-bond acceptors (Lipinski definition) is 4. The molecule has 134 valence electrons. The molecule has 0 aliphatic carbocycles. The van der Waals surface area contributed by atoms with E-state index in [1.807, 2.05) is 0 Å². The third kappa shape index (κ3) is 4.66. The number of carbonyl (C=O) groups is 1. The predicted octanol–water partition coefficient (Wildman–Crippen LogP) is 3.88. The highest BCUT2D eigenvalue weighted by Crippen LogP contribution is 2.29. The van der Waals surface area contributed by atoms with Gasteiger partial charge in [0.15, 0.2) is 0 Å². The maximum absolute atomic E-state index is 12.4. The highest BCUT2D eigenvalue weighted by molar-refractivity contribution is 5.95. The Morgan fingerprint density at radius 1 is 1.00 bits per heavy atom. The number of amides is 1. The first-order chi connectivity index (χ1) is 12.1. The molecule has 0 unspecified atom stereocenters. The van der Waals surface area contributed by atoms with E-state index in [4.69, 9.17) is 9.47 Å². The second-order valence-electron chi connectivity index (χ2n) is 5.63. The molecule has 1 amide bonds. The smallest absolute Gasteiger partial charge is 0.243 e. The lowest BCUT2D eigenvalue weighted by Crippen LogP contribution is -2.23. The largest absolute Gasteiger partial charge is 0.497 e. The molecule has 0 bridgehead atoms. The molecule has 0 saturated heterocycles. The molecule has 0 radical (unpaired) electrons. The molecule has 0 saturated carbocycles. The standard InChI is InChI=1S/C20H26N2O3/c1-5-14-8-7-9-15(6-2)20(14)21-13-19(23)22-17-12-16(24-3)10-11-18(17)25-4/h7-12,21H,5-6,13H2,1-4H3,(H,22,23). The van der Waals surface area contributed by atoms with Gasteiger partial charge in [0.2, 0.25) is 5.91 Å². The van der Waals surface area contributed by atoms with Gasteiger partial charge >= 0.3 is 0 Å². The first-order valence-electron chi connectivity index (χ1n) is 8.49. The van der Waals surface area contributed by atoms with Crippen LogP contribution < -0.4 is 20.1 Å². The number of hydrogen-bond donors (Lipinski definition) is 2. The molecule has 2 N–H and O–H groups in total. The molecule has 2 aromatic rings. The van der Waals surface area contributed by atoms with Gasteiger partial charge in [-0.25, -0.2) is 0 Å². The van der Waals surface area contributed by atoms with Crippen molar-refractivity contribution in [2.24, 2.45) is 0 Å². The number of para-hydroxylation sites is 1. The second-order valence-corrected chi connectivity index (χ2v) is 5.63. The quantitative estimate of drug-likeness (QED) is 0.764. The van der Waals surface area contributed by atoms with Gasteiger partial charge < -0.3 is 20.1 Å². The summed E-state index contributed by atoms with van der Waals surface area (Å²) in [5, 5.41) is 6.16. The zero-order valence-corrected chi connectivity index (χ0v) is 15.3. The highest BCUT2D eigenvalue weighted by atomic mass is 16.5. The van der Waals surface area contributed by atoms with Crippen LogP contribution in [0.4, 0.5) is 11.4 Å². The minimum Gasteiger partial charge on any atom is -0.497 e. The molecule has 0 aromatic heterocycles. The van der Waals surface area contributed by atoms with Crippen molar-refractivity contribution in [1.82, 2.24) is 0 Å². The predicted molar refractivity (Wildman–Crippen MR) is 102 cm³/mol. The molecule has 0 spiro atoms. The molecule has 0 aliphatic rings. The molecule has 0 atom stereocenters. The molecule has 5 nitrogen and oxygen atoms in total. The van der Waals surface area contributed by atoms with Crippen molar-refractivity contribution in [2.75, 3.05) is 31.4 Å². The number of carbonyl (C=O) groups excluding carboxylic acids is 1. The maximum atomic E-state index is 12.4. The van der Waals surface area contributed by atoms with E-state index in [0.29, 0.717) is 17.2 Å². The summed E-state index contributed by atoms with van der Waals surface area (Å²) >= 11 is 0. The number of nitrogens with one attached hydrogen (secondary N) is 2. The summed E-state index contributed by atoms with van der Waals surface area (Å²) in [6.07, 6.45) is 1.84. The fourth-order valence-corrected chi connectivity index (χ4v) is 2.74. The zero-order chi connectivity index (χ0) is 18.2. The van der Waals surface area contributed by atoms with E-state index < -0.39 is 0 Å². The molecule has 2 aromatic carbocycles. The molecule has 5 heteroatoms. The van der Waals surface area contributed by atoms with Gasteiger partial charge in [-0.15, -0.1) is 0 Å². The van der Waals surface area contributed by atoms with Crippen LogP contribution in [0.5, 0.6) is 11.5 Å². The number of rotatable bonds is 8. The van der Waals surface area contributed by atoms with Crippen LogP contribution in [0.3, 0.4) is 0 Å². The fourth-order valence-electron chi connectivity index (χ4n) is 2.74. The highest BCUT2D eigenvalue weighted by Gasteiger charge is 2.11. The summed E-state index contributed by atoms with van der Waals surface area (Å²) in [4.78, 5) is 12.4. The van der Waals surface area contributed by atoms with Gasteiger partial charge in [-0.3, -0.25) is 4.79 Å². The average molecular weight is 342 g/mol. The summed E-state index contributed by atoms with van der Waals surface area (Å²) in [7, 11) is 3.16. The van der Waals surface area contributed by atoms with E-state index in [-0.39, 0.29) is 12.5 Å². The SMILES string of the molecule is CCc1cccc(CC)c1NCC(=O)Nc1cc(OC)ccc1OC. The number of aryl methyl sites for hydroxylation is 2. The van der Waals surface area contributed by atoms with E-state index >= 15 is 0 Å². The zero-order valence-electron chi connectivity index (χ0n) is 15.3. The molecular formula is C20H26N2O3. The number of anilines is 2. The van der Waals surface area contributed by atoms with E-state index in [2.05, 4.69) is 42.7 Å². The summed E-state index contributed by atoms with van der Waals surface area (Å²) in [5.74, 6) is 1.12. The van der Waals surface area contributed by atoms with Gasteiger partial charge in [-0.2, -0.15) is 0 Å². The fraction of sp³-hybridized carbons (Fsp3) is 0.350. The van der Waals surface area contributed by atoms with E-state index in [1.54, 1.807) is 32.4 Å². The van der Waals surface area contributed by atoms with Crippen molar-refractivity contribution in [3.63, 3.8) is 0 Å². The van der Waals surface area contributed by atoms with Crippen LogP contribution >= 0.6 is 0 Å². The Kier molecular flexibility index (Phi) is 6.69. The van der Waals surface area contributed by atoms with Crippen molar-refractivity contribution in [2.45, 2.75) is 26.7 Å². The van der Waals surface area contributed by atoms with Crippen LogP contribution in [-0.2, 0) is 17.6 Å². The van der Waals surface area contributed by atoms with E-state index in [0.717, 1.165) is 18.5 Å². The van der Waals surface area contributed by atoms with Crippen molar-refractivity contribution >= 4 is 17.3 Å². The van der Waals surface area contributed by atoms with Gasteiger partial charge in [-0.1, -0.05) is 32.0 Å². The topological polar surface area (TPSA) is 59.6 Å². The summed E-state index contributed by atoms with van der Waals surface area (Å²) in [6.45, 7) is 4.41. The van der Waals surface area contributed by atoms with Gasteiger partial charge in [0.1, 0.15) is 11.5 Å².